The van der Waals surface area contributed by atoms with Crippen LogP contribution in [-0.2, 0) is 0 Å². The van der Waals surface area contributed by atoms with Crippen LogP contribution in [0.4, 0.5) is 0 Å². The third-order valence-corrected chi connectivity index (χ3v) is 3.83. The molecule has 1 heteroatoms. The minimum atomic E-state index is 0.532. The van der Waals surface area contributed by atoms with Gasteiger partial charge in [-0.05, 0) is 31.1 Å². The number of nitrogens with two attached hydrogens (primary N) is 1. The highest BCUT2D eigenvalue weighted by Crippen LogP contribution is 2.38. The normalized spacial score (nSPS) is 43.2. The van der Waals surface area contributed by atoms with Gasteiger partial charge < -0.3 is 5.73 Å². The van der Waals surface area contributed by atoms with E-state index in [0.717, 1.165) is 11.8 Å². The third kappa shape index (κ3) is 1.82. The van der Waals surface area contributed by atoms with Crippen molar-refractivity contribution in [2.24, 2.45) is 17.6 Å². The van der Waals surface area contributed by atoms with Crippen LogP contribution in [0.3, 0.4) is 0 Å². The van der Waals surface area contributed by atoms with E-state index >= 15 is 0 Å². The van der Waals surface area contributed by atoms with Crippen molar-refractivity contribution < 1.29 is 0 Å². The highest BCUT2D eigenvalue weighted by molar-refractivity contribution is 4.83. The average molecular weight is 167 g/mol. The molecular formula is C11H21N. The maximum absolute atomic E-state index is 5.99. The number of rotatable bonds is 0. The molecule has 0 radical (unpaired) electrons. The van der Waals surface area contributed by atoms with Crippen LogP contribution >= 0.6 is 0 Å². The van der Waals surface area contributed by atoms with E-state index in [-0.39, 0.29) is 0 Å². The first-order valence-electron chi connectivity index (χ1n) is 5.62. The molecule has 0 spiro atoms. The van der Waals surface area contributed by atoms with Crippen LogP contribution in [0.2, 0.25) is 0 Å². The Morgan fingerprint density at radius 1 is 0.750 bits per heavy atom. The molecule has 0 aromatic heterocycles. The minimum Gasteiger partial charge on any atom is -0.328 e. The molecule has 0 aliphatic heterocycles. The van der Waals surface area contributed by atoms with Gasteiger partial charge in [0, 0.05) is 6.04 Å². The molecule has 0 heterocycles. The Hall–Kier alpha value is -0.0400. The summed E-state index contributed by atoms with van der Waals surface area (Å²) < 4.78 is 0. The molecule has 1 unspecified atom stereocenters. The van der Waals surface area contributed by atoms with Crippen LogP contribution in [-0.4, -0.2) is 6.04 Å². The molecule has 2 saturated carbocycles. The van der Waals surface area contributed by atoms with Crippen molar-refractivity contribution in [1.29, 1.82) is 0 Å². The lowest BCUT2D eigenvalue weighted by Crippen LogP contribution is -2.32. The number of hydrogen-bond donors (Lipinski definition) is 1. The molecule has 0 bridgehead atoms. The Labute approximate surface area is 75.7 Å². The maximum Gasteiger partial charge on any atom is 0.00416 e. The van der Waals surface area contributed by atoms with E-state index in [0.29, 0.717) is 6.04 Å². The fourth-order valence-corrected chi connectivity index (χ4v) is 3.09. The number of fused-ring (bicyclic) bond motifs is 1. The van der Waals surface area contributed by atoms with Gasteiger partial charge >= 0.3 is 0 Å². The van der Waals surface area contributed by atoms with Gasteiger partial charge in [0.2, 0.25) is 0 Å². The lowest BCUT2D eigenvalue weighted by Gasteiger charge is -2.33. The fourth-order valence-electron chi connectivity index (χ4n) is 3.09. The van der Waals surface area contributed by atoms with Crippen LogP contribution in [0.1, 0.15) is 51.4 Å². The summed E-state index contributed by atoms with van der Waals surface area (Å²) in [6, 6.07) is 0.532. The molecule has 2 N–H and O–H groups in total. The zero-order valence-corrected chi connectivity index (χ0v) is 7.97. The molecule has 2 rings (SSSR count). The predicted molar refractivity (Wildman–Crippen MR) is 51.9 cm³/mol. The molecule has 1 nitrogen and oxygen atoms in total. The van der Waals surface area contributed by atoms with Crippen LogP contribution in [0, 0.1) is 11.8 Å². The SMILES string of the molecule is NC1CC[C@H]2CCCCC[C@H]2C1. The summed E-state index contributed by atoms with van der Waals surface area (Å²) in [4.78, 5) is 0. The number of hydrogen-bond acceptors (Lipinski definition) is 1. The largest absolute Gasteiger partial charge is 0.328 e. The summed E-state index contributed by atoms with van der Waals surface area (Å²) in [5.41, 5.74) is 5.99. The van der Waals surface area contributed by atoms with Crippen molar-refractivity contribution in [1.82, 2.24) is 0 Å². The Kier molecular flexibility index (Phi) is 2.69. The van der Waals surface area contributed by atoms with E-state index in [9.17, 15) is 0 Å². The van der Waals surface area contributed by atoms with Gasteiger partial charge in [-0.15, -0.1) is 0 Å². The standard InChI is InChI=1S/C11H21N/c12-11-7-6-9-4-2-1-3-5-10(9)8-11/h9-11H,1-8,12H2/t9-,10+,11?/m1/s1. The zero-order chi connectivity index (χ0) is 8.39. The smallest absolute Gasteiger partial charge is 0.00416 e. The van der Waals surface area contributed by atoms with Gasteiger partial charge in [-0.1, -0.05) is 32.1 Å². The fraction of sp³-hybridized carbons (Fsp3) is 1.00. The topological polar surface area (TPSA) is 26.0 Å². The summed E-state index contributed by atoms with van der Waals surface area (Å²) in [5.74, 6) is 2.04. The van der Waals surface area contributed by atoms with Crippen molar-refractivity contribution in [3.05, 3.63) is 0 Å². The summed E-state index contributed by atoms with van der Waals surface area (Å²) in [6.45, 7) is 0. The third-order valence-electron chi connectivity index (χ3n) is 3.83. The molecular weight excluding hydrogens is 146 g/mol. The minimum absolute atomic E-state index is 0.532. The summed E-state index contributed by atoms with van der Waals surface area (Å²) in [5, 5.41) is 0. The molecule has 70 valence electrons. The molecule has 3 atom stereocenters. The maximum atomic E-state index is 5.99. The predicted octanol–water partition coefficient (Wildman–Crippen LogP) is 2.69. The second-order valence-corrected chi connectivity index (χ2v) is 4.73. The monoisotopic (exact) mass is 167 g/mol. The van der Waals surface area contributed by atoms with Gasteiger partial charge in [0.1, 0.15) is 0 Å². The second-order valence-electron chi connectivity index (χ2n) is 4.73. The van der Waals surface area contributed by atoms with Gasteiger partial charge in [0.05, 0.1) is 0 Å². The summed E-state index contributed by atoms with van der Waals surface area (Å²) in [6.07, 6.45) is 11.4. The van der Waals surface area contributed by atoms with E-state index in [1.807, 2.05) is 0 Å². The first-order chi connectivity index (χ1) is 5.86. The average Bonchev–Trinajstić information content (AvgIpc) is 2.28. The summed E-state index contributed by atoms with van der Waals surface area (Å²) >= 11 is 0. The van der Waals surface area contributed by atoms with Crippen LogP contribution < -0.4 is 5.73 Å². The van der Waals surface area contributed by atoms with Crippen LogP contribution in [0.5, 0.6) is 0 Å². The Bertz CT molecular complexity index is 144. The first-order valence-corrected chi connectivity index (χ1v) is 5.62. The Morgan fingerprint density at radius 2 is 1.50 bits per heavy atom. The van der Waals surface area contributed by atoms with Gasteiger partial charge in [-0.25, -0.2) is 0 Å². The van der Waals surface area contributed by atoms with Gasteiger partial charge in [0.25, 0.3) is 0 Å². The lowest BCUT2D eigenvalue weighted by atomic mass is 9.75. The first kappa shape index (κ1) is 8.55. The molecule has 0 amide bonds. The van der Waals surface area contributed by atoms with E-state index < -0.39 is 0 Å². The van der Waals surface area contributed by atoms with Crippen LogP contribution in [0.25, 0.3) is 0 Å². The van der Waals surface area contributed by atoms with Crippen molar-refractivity contribution in [2.75, 3.05) is 0 Å². The van der Waals surface area contributed by atoms with Crippen molar-refractivity contribution in [3.8, 4) is 0 Å². The molecule has 0 aromatic carbocycles. The van der Waals surface area contributed by atoms with E-state index in [1.54, 1.807) is 0 Å². The van der Waals surface area contributed by atoms with Gasteiger partial charge in [-0.3, -0.25) is 0 Å². The van der Waals surface area contributed by atoms with Crippen molar-refractivity contribution in [3.63, 3.8) is 0 Å². The van der Waals surface area contributed by atoms with Crippen LogP contribution in [0.15, 0.2) is 0 Å². The molecule has 0 saturated heterocycles. The quantitative estimate of drug-likeness (QED) is 0.590. The van der Waals surface area contributed by atoms with Gasteiger partial charge in [0.15, 0.2) is 0 Å². The molecule has 2 aliphatic rings. The second kappa shape index (κ2) is 3.78. The Morgan fingerprint density at radius 3 is 2.33 bits per heavy atom. The molecule has 2 aliphatic carbocycles. The lowest BCUT2D eigenvalue weighted by molar-refractivity contribution is 0.204. The van der Waals surface area contributed by atoms with E-state index in [4.69, 9.17) is 5.73 Å². The van der Waals surface area contributed by atoms with E-state index in [2.05, 4.69) is 0 Å². The van der Waals surface area contributed by atoms with Crippen molar-refractivity contribution in [2.45, 2.75) is 57.4 Å². The molecule has 0 aromatic rings. The van der Waals surface area contributed by atoms with Crippen molar-refractivity contribution >= 4 is 0 Å². The highest BCUT2D eigenvalue weighted by Gasteiger charge is 2.29. The highest BCUT2D eigenvalue weighted by atomic mass is 14.6. The Balaban J connectivity index is 1.94. The molecule has 2 fully saturated rings. The molecule has 12 heavy (non-hydrogen) atoms. The van der Waals surface area contributed by atoms with Gasteiger partial charge in [-0.2, -0.15) is 0 Å². The van der Waals surface area contributed by atoms with E-state index in [1.165, 1.54) is 51.4 Å². The zero-order valence-electron chi connectivity index (χ0n) is 7.97. The summed E-state index contributed by atoms with van der Waals surface area (Å²) in [7, 11) is 0.